The number of aromatic nitrogens is 3. The van der Waals surface area contributed by atoms with Gasteiger partial charge >= 0.3 is 0 Å². The van der Waals surface area contributed by atoms with Crippen LogP contribution in [0.2, 0.25) is 0 Å². The molecule has 0 radical (unpaired) electrons. The second-order valence-corrected chi connectivity index (χ2v) is 4.69. The second-order valence-electron chi connectivity index (χ2n) is 3.71. The number of H-pyrrole nitrogens is 1. The Morgan fingerprint density at radius 3 is 3.17 bits per heavy atom. The van der Waals surface area contributed by atoms with Gasteiger partial charge in [0.25, 0.3) is 5.91 Å². The molecule has 1 amide bonds. The number of aromatic amines is 1. The van der Waals surface area contributed by atoms with E-state index in [4.69, 9.17) is 0 Å². The van der Waals surface area contributed by atoms with Crippen molar-refractivity contribution in [3.63, 3.8) is 0 Å². The van der Waals surface area contributed by atoms with E-state index in [1.807, 2.05) is 17.5 Å². The summed E-state index contributed by atoms with van der Waals surface area (Å²) in [4.78, 5) is 23.3. The minimum Gasteiger partial charge on any atom is -0.345 e. The summed E-state index contributed by atoms with van der Waals surface area (Å²) in [7, 11) is 0. The highest BCUT2D eigenvalue weighted by molar-refractivity contribution is 7.09. The smallest absolute Gasteiger partial charge is 0.253 e. The first-order chi connectivity index (χ1) is 8.84. The number of carbonyl (C=O) groups is 1. The molecular formula is C12H10N4OS. The Morgan fingerprint density at radius 2 is 2.33 bits per heavy atom. The van der Waals surface area contributed by atoms with E-state index < -0.39 is 0 Å². The molecule has 0 spiro atoms. The van der Waals surface area contributed by atoms with Crippen LogP contribution in [0.25, 0.3) is 11.0 Å². The average Bonchev–Trinajstić information content (AvgIpc) is 3.05. The summed E-state index contributed by atoms with van der Waals surface area (Å²) in [6.07, 6.45) is 5.09. The van der Waals surface area contributed by atoms with E-state index in [9.17, 15) is 4.79 Å². The van der Waals surface area contributed by atoms with Gasteiger partial charge in [0.1, 0.15) is 10.7 Å². The van der Waals surface area contributed by atoms with Gasteiger partial charge in [-0.05, 0) is 12.1 Å². The molecule has 0 unspecified atom stereocenters. The largest absolute Gasteiger partial charge is 0.345 e. The Morgan fingerprint density at radius 1 is 1.39 bits per heavy atom. The van der Waals surface area contributed by atoms with Crippen molar-refractivity contribution in [2.45, 2.75) is 6.54 Å². The van der Waals surface area contributed by atoms with Crippen LogP contribution in [0.15, 0.2) is 36.1 Å². The normalized spacial score (nSPS) is 10.7. The van der Waals surface area contributed by atoms with E-state index in [0.717, 1.165) is 16.0 Å². The lowest BCUT2D eigenvalue weighted by Gasteiger charge is -2.01. The van der Waals surface area contributed by atoms with Crippen LogP contribution < -0.4 is 5.32 Å². The van der Waals surface area contributed by atoms with Crippen molar-refractivity contribution in [3.05, 3.63) is 46.7 Å². The van der Waals surface area contributed by atoms with Gasteiger partial charge in [0.15, 0.2) is 0 Å². The third-order valence-electron chi connectivity index (χ3n) is 2.58. The number of thiazole rings is 1. The molecule has 0 bridgehead atoms. The number of amides is 1. The Hall–Kier alpha value is -2.21. The van der Waals surface area contributed by atoms with E-state index in [1.54, 1.807) is 18.6 Å². The zero-order valence-corrected chi connectivity index (χ0v) is 10.2. The van der Waals surface area contributed by atoms with Gasteiger partial charge in [0.05, 0.1) is 12.1 Å². The molecule has 2 N–H and O–H groups in total. The quantitative estimate of drug-likeness (QED) is 0.754. The number of nitrogens with zero attached hydrogens (tertiary/aromatic N) is 2. The van der Waals surface area contributed by atoms with Crippen molar-refractivity contribution in [3.8, 4) is 0 Å². The fraction of sp³-hybridized carbons (Fsp3) is 0.0833. The number of carbonyl (C=O) groups excluding carboxylic acids is 1. The Bertz CT molecular complexity index is 674. The second kappa shape index (κ2) is 4.58. The molecule has 3 aromatic rings. The predicted molar refractivity (Wildman–Crippen MR) is 69.4 cm³/mol. The molecule has 3 heterocycles. The highest BCUT2D eigenvalue weighted by Crippen LogP contribution is 2.15. The van der Waals surface area contributed by atoms with Crippen molar-refractivity contribution in [1.82, 2.24) is 20.3 Å². The Labute approximate surface area is 107 Å². The van der Waals surface area contributed by atoms with Crippen molar-refractivity contribution < 1.29 is 4.79 Å². The SMILES string of the molecule is O=C(NCc1nccs1)c1c[nH]c2ncccc12. The number of hydrogen-bond acceptors (Lipinski definition) is 4. The standard InChI is InChI=1S/C12H10N4OS/c17-12(16-7-10-13-4-5-18-10)9-6-15-11-8(9)2-1-3-14-11/h1-6H,7H2,(H,14,15)(H,16,17). The van der Waals surface area contributed by atoms with Crippen molar-refractivity contribution in [2.24, 2.45) is 0 Å². The molecule has 0 fully saturated rings. The number of nitrogens with one attached hydrogen (secondary N) is 2. The number of pyridine rings is 1. The molecule has 3 rings (SSSR count). The lowest BCUT2D eigenvalue weighted by Crippen LogP contribution is -2.22. The topological polar surface area (TPSA) is 70.7 Å². The number of fused-ring (bicyclic) bond motifs is 1. The van der Waals surface area contributed by atoms with Gasteiger partial charge in [-0.3, -0.25) is 4.79 Å². The Kier molecular flexibility index (Phi) is 2.77. The van der Waals surface area contributed by atoms with E-state index in [0.29, 0.717) is 12.1 Å². The summed E-state index contributed by atoms with van der Waals surface area (Å²) >= 11 is 1.52. The minimum absolute atomic E-state index is 0.121. The van der Waals surface area contributed by atoms with Crippen LogP contribution in [0.4, 0.5) is 0 Å². The lowest BCUT2D eigenvalue weighted by molar-refractivity contribution is 0.0952. The van der Waals surface area contributed by atoms with Crippen LogP contribution >= 0.6 is 11.3 Å². The van der Waals surface area contributed by atoms with Crippen molar-refractivity contribution in [1.29, 1.82) is 0 Å². The summed E-state index contributed by atoms with van der Waals surface area (Å²) in [5.74, 6) is -0.121. The molecule has 5 nitrogen and oxygen atoms in total. The first-order valence-electron chi connectivity index (χ1n) is 5.43. The molecule has 0 aliphatic rings. The summed E-state index contributed by atoms with van der Waals surface area (Å²) in [6.45, 7) is 0.448. The van der Waals surface area contributed by atoms with Crippen molar-refractivity contribution >= 4 is 28.3 Å². The molecule has 0 atom stereocenters. The van der Waals surface area contributed by atoms with Gasteiger partial charge in [-0.2, -0.15) is 0 Å². The molecule has 3 aromatic heterocycles. The summed E-state index contributed by atoms with van der Waals surface area (Å²) in [6, 6.07) is 3.69. The third-order valence-corrected chi connectivity index (χ3v) is 3.36. The maximum atomic E-state index is 12.0. The lowest BCUT2D eigenvalue weighted by atomic mass is 10.2. The van der Waals surface area contributed by atoms with Crippen molar-refractivity contribution in [2.75, 3.05) is 0 Å². The molecule has 90 valence electrons. The monoisotopic (exact) mass is 258 g/mol. The van der Waals surface area contributed by atoms with Crippen LogP contribution in [-0.2, 0) is 6.54 Å². The van der Waals surface area contributed by atoms with E-state index in [2.05, 4.69) is 20.3 Å². The first-order valence-corrected chi connectivity index (χ1v) is 6.31. The van der Waals surface area contributed by atoms with Crippen LogP contribution in [0, 0.1) is 0 Å². The minimum atomic E-state index is -0.121. The molecule has 0 saturated carbocycles. The van der Waals surface area contributed by atoms with Gasteiger partial charge in [-0.25, -0.2) is 9.97 Å². The molecule has 18 heavy (non-hydrogen) atoms. The molecule has 6 heteroatoms. The fourth-order valence-corrected chi connectivity index (χ4v) is 2.29. The highest BCUT2D eigenvalue weighted by atomic mass is 32.1. The predicted octanol–water partition coefficient (Wildman–Crippen LogP) is 1.95. The fourth-order valence-electron chi connectivity index (χ4n) is 1.74. The number of rotatable bonds is 3. The average molecular weight is 258 g/mol. The first kappa shape index (κ1) is 10.9. The zero-order valence-electron chi connectivity index (χ0n) is 9.38. The molecule has 0 aromatic carbocycles. The summed E-state index contributed by atoms with van der Waals surface area (Å²) in [5, 5.41) is 6.44. The van der Waals surface area contributed by atoms with E-state index in [-0.39, 0.29) is 5.91 Å². The van der Waals surface area contributed by atoms with Crippen LogP contribution in [0.3, 0.4) is 0 Å². The molecule has 0 saturated heterocycles. The molecule has 0 aliphatic heterocycles. The zero-order chi connectivity index (χ0) is 12.4. The van der Waals surface area contributed by atoms with Gasteiger partial charge in [-0.1, -0.05) is 0 Å². The highest BCUT2D eigenvalue weighted by Gasteiger charge is 2.12. The number of hydrogen-bond donors (Lipinski definition) is 2. The molecule has 0 aliphatic carbocycles. The van der Waals surface area contributed by atoms with Gasteiger partial charge in [0.2, 0.25) is 0 Å². The van der Waals surface area contributed by atoms with Gasteiger partial charge in [-0.15, -0.1) is 11.3 Å². The van der Waals surface area contributed by atoms with Crippen LogP contribution in [0.1, 0.15) is 15.4 Å². The Balaban J connectivity index is 1.80. The maximum Gasteiger partial charge on any atom is 0.253 e. The third kappa shape index (κ3) is 1.98. The van der Waals surface area contributed by atoms with Crippen LogP contribution in [0.5, 0.6) is 0 Å². The summed E-state index contributed by atoms with van der Waals surface area (Å²) < 4.78 is 0. The van der Waals surface area contributed by atoms with E-state index in [1.165, 1.54) is 11.3 Å². The van der Waals surface area contributed by atoms with Crippen LogP contribution in [-0.4, -0.2) is 20.9 Å². The molecular weight excluding hydrogens is 248 g/mol. The van der Waals surface area contributed by atoms with Gasteiger partial charge in [0, 0.05) is 29.4 Å². The van der Waals surface area contributed by atoms with E-state index >= 15 is 0 Å². The van der Waals surface area contributed by atoms with Gasteiger partial charge < -0.3 is 10.3 Å². The summed E-state index contributed by atoms with van der Waals surface area (Å²) in [5.41, 5.74) is 1.33. The maximum absolute atomic E-state index is 12.0.